The zero-order valence-corrected chi connectivity index (χ0v) is 22.6. The molecule has 1 unspecified atom stereocenters. The summed E-state index contributed by atoms with van der Waals surface area (Å²) in [7, 11) is 0. The van der Waals surface area contributed by atoms with Gasteiger partial charge in [0.15, 0.2) is 0 Å². The number of nitrogens with two attached hydrogens (primary N) is 2. The third-order valence-electron chi connectivity index (χ3n) is 7.39. The molecule has 38 heavy (non-hydrogen) atoms. The van der Waals surface area contributed by atoms with E-state index >= 15 is 0 Å². The Kier molecular flexibility index (Phi) is 8.49. The maximum Gasteiger partial charge on any atom is 0.354 e. The number of nitrogens with one attached hydrogen (secondary N) is 1. The Morgan fingerprint density at radius 1 is 1.03 bits per heavy atom. The van der Waals surface area contributed by atoms with Gasteiger partial charge in [0.1, 0.15) is 5.82 Å². The minimum absolute atomic E-state index is 0.141. The average Bonchev–Trinajstić information content (AvgIpc) is 2.89. The molecular formula is C27H40N8O3. The second-order valence-corrected chi connectivity index (χ2v) is 11.0. The van der Waals surface area contributed by atoms with Crippen molar-refractivity contribution in [1.29, 1.82) is 0 Å². The highest BCUT2D eigenvalue weighted by Crippen LogP contribution is 2.17. The number of carbonyl (C=O) groups excluding carboxylic acids is 2. The van der Waals surface area contributed by atoms with E-state index in [2.05, 4.69) is 22.1 Å². The molecule has 5 N–H and O–H groups in total. The van der Waals surface area contributed by atoms with Crippen LogP contribution in [0.15, 0.2) is 41.3 Å². The molecule has 2 aliphatic rings. The molecule has 0 spiro atoms. The van der Waals surface area contributed by atoms with Crippen molar-refractivity contribution in [2.24, 2.45) is 11.5 Å². The van der Waals surface area contributed by atoms with Crippen molar-refractivity contribution in [2.45, 2.75) is 57.7 Å². The predicted molar refractivity (Wildman–Crippen MR) is 147 cm³/mol. The number of amides is 3. The van der Waals surface area contributed by atoms with Crippen LogP contribution in [0.5, 0.6) is 0 Å². The van der Waals surface area contributed by atoms with Gasteiger partial charge in [-0.3, -0.25) is 14.7 Å². The van der Waals surface area contributed by atoms with E-state index < -0.39 is 11.2 Å². The molecule has 0 saturated carbocycles. The first-order valence-corrected chi connectivity index (χ1v) is 13.3. The fourth-order valence-electron chi connectivity index (χ4n) is 5.00. The predicted octanol–water partition coefficient (Wildman–Crippen LogP) is 1.00. The topological polar surface area (TPSA) is 143 Å². The van der Waals surface area contributed by atoms with Gasteiger partial charge in [0.2, 0.25) is 5.91 Å². The van der Waals surface area contributed by atoms with Crippen molar-refractivity contribution in [3.8, 4) is 5.69 Å². The van der Waals surface area contributed by atoms with Crippen LogP contribution >= 0.6 is 0 Å². The lowest BCUT2D eigenvalue weighted by Crippen LogP contribution is -2.58. The van der Waals surface area contributed by atoms with Gasteiger partial charge in [-0.2, -0.15) is 4.98 Å². The van der Waals surface area contributed by atoms with Crippen LogP contribution in [0.4, 0.5) is 10.6 Å². The maximum absolute atomic E-state index is 12.7. The fraction of sp³-hybridized carbons (Fsp3) is 0.556. The number of rotatable bonds is 6. The van der Waals surface area contributed by atoms with Crippen molar-refractivity contribution in [3.63, 3.8) is 0 Å². The molecule has 4 rings (SSSR count). The number of benzene rings is 1. The Bertz CT molecular complexity index is 1170. The lowest BCUT2D eigenvalue weighted by molar-refractivity contribution is -0.137. The first-order valence-electron chi connectivity index (χ1n) is 13.3. The highest BCUT2D eigenvalue weighted by atomic mass is 16.2. The van der Waals surface area contributed by atoms with E-state index in [1.165, 1.54) is 10.1 Å². The second kappa shape index (κ2) is 11.6. The number of likely N-dealkylation sites (tertiary alicyclic amines) is 1. The van der Waals surface area contributed by atoms with E-state index in [0.29, 0.717) is 44.0 Å². The molecule has 1 atom stereocenters. The summed E-state index contributed by atoms with van der Waals surface area (Å²) in [6.07, 6.45) is 4.63. The van der Waals surface area contributed by atoms with E-state index in [1.54, 1.807) is 35.9 Å². The quantitative estimate of drug-likeness (QED) is 0.512. The first-order chi connectivity index (χ1) is 18.0. The van der Waals surface area contributed by atoms with Gasteiger partial charge in [-0.1, -0.05) is 12.1 Å². The molecule has 1 aromatic heterocycles. The minimum atomic E-state index is -0.945. The molecule has 206 valence electrons. The van der Waals surface area contributed by atoms with Crippen LogP contribution in [-0.2, 0) is 11.2 Å². The SMILES string of the molecule is CC(Cc1ccc(-n2ccc(NC(=O)N3CCN(C(=O)C(C)(C)N)CC3)nc2=O)cc1)N1CCC(N)CC1. The van der Waals surface area contributed by atoms with Crippen LogP contribution < -0.4 is 22.5 Å². The van der Waals surface area contributed by atoms with Gasteiger partial charge in [-0.05, 0) is 76.9 Å². The highest BCUT2D eigenvalue weighted by molar-refractivity contribution is 5.89. The van der Waals surface area contributed by atoms with Crippen LogP contribution in [0.1, 0.15) is 39.2 Å². The van der Waals surface area contributed by atoms with Crippen LogP contribution in [0.3, 0.4) is 0 Å². The molecule has 0 bridgehead atoms. The summed E-state index contributed by atoms with van der Waals surface area (Å²) in [5, 5.41) is 2.69. The minimum Gasteiger partial charge on any atom is -0.338 e. The second-order valence-electron chi connectivity index (χ2n) is 11.0. The molecular weight excluding hydrogens is 484 g/mol. The lowest BCUT2D eigenvalue weighted by atomic mass is 10.0. The number of anilines is 1. The molecule has 2 fully saturated rings. The molecule has 3 heterocycles. The monoisotopic (exact) mass is 524 g/mol. The fourth-order valence-corrected chi connectivity index (χ4v) is 5.00. The number of piperidine rings is 1. The molecule has 0 radical (unpaired) electrons. The van der Waals surface area contributed by atoms with Gasteiger partial charge in [0, 0.05) is 44.5 Å². The largest absolute Gasteiger partial charge is 0.354 e. The number of hydrogen-bond acceptors (Lipinski definition) is 7. The van der Waals surface area contributed by atoms with Gasteiger partial charge in [-0.25, -0.2) is 9.59 Å². The average molecular weight is 525 g/mol. The Morgan fingerprint density at radius 3 is 2.21 bits per heavy atom. The number of nitrogens with zero attached hydrogens (tertiary/aromatic N) is 5. The van der Waals surface area contributed by atoms with Crippen molar-refractivity contribution < 1.29 is 9.59 Å². The number of carbonyl (C=O) groups is 2. The molecule has 2 saturated heterocycles. The molecule has 1 aromatic carbocycles. The normalized spacial score (nSPS) is 18.3. The summed E-state index contributed by atoms with van der Waals surface area (Å²) in [5.74, 6) is 0.0436. The Morgan fingerprint density at radius 2 is 1.63 bits per heavy atom. The summed E-state index contributed by atoms with van der Waals surface area (Å²) < 4.78 is 1.45. The lowest BCUT2D eigenvalue weighted by Gasteiger charge is -2.37. The number of urea groups is 1. The summed E-state index contributed by atoms with van der Waals surface area (Å²) in [6, 6.07) is 9.91. The summed E-state index contributed by atoms with van der Waals surface area (Å²) in [5.41, 5.74) is 12.4. The highest BCUT2D eigenvalue weighted by Gasteiger charge is 2.31. The van der Waals surface area contributed by atoms with Crippen molar-refractivity contribution in [1.82, 2.24) is 24.3 Å². The third kappa shape index (κ3) is 6.77. The first kappa shape index (κ1) is 27.7. The zero-order chi connectivity index (χ0) is 27.4. The third-order valence-corrected chi connectivity index (χ3v) is 7.39. The maximum atomic E-state index is 12.7. The standard InChI is InChI=1S/C27H40N8O3/c1-19(32-11-8-21(28)9-12-32)18-20-4-6-22(7-5-20)35-13-10-23(31-26(35)38)30-25(37)34-16-14-33(15-17-34)24(36)27(2,3)29/h4-7,10,13,19,21H,8-9,11-12,14-18,28-29H2,1-3H3,(H,30,31,37,38). The van der Waals surface area contributed by atoms with Crippen LogP contribution in [0.2, 0.25) is 0 Å². The molecule has 0 aliphatic carbocycles. The van der Waals surface area contributed by atoms with Gasteiger partial charge < -0.3 is 26.2 Å². The summed E-state index contributed by atoms with van der Waals surface area (Å²) in [6.45, 7) is 9.22. The van der Waals surface area contributed by atoms with E-state index in [9.17, 15) is 14.4 Å². The van der Waals surface area contributed by atoms with E-state index in [4.69, 9.17) is 11.5 Å². The van der Waals surface area contributed by atoms with Crippen molar-refractivity contribution in [2.75, 3.05) is 44.6 Å². The molecule has 11 nitrogen and oxygen atoms in total. The summed E-state index contributed by atoms with van der Waals surface area (Å²) in [4.78, 5) is 47.5. The molecule has 2 aromatic rings. The van der Waals surface area contributed by atoms with Crippen molar-refractivity contribution >= 4 is 17.8 Å². The van der Waals surface area contributed by atoms with Crippen LogP contribution in [0.25, 0.3) is 5.69 Å². The molecule has 11 heteroatoms. The van der Waals surface area contributed by atoms with E-state index in [0.717, 1.165) is 32.4 Å². The number of piperazine rings is 1. The number of hydrogen-bond donors (Lipinski definition) is 3. The van der Waals surface area contributed by atoms with E-state index in [1.807, 2.05) is 24.3 Å². The zero-order valence-electron chi connectivity index (χ0n) is 22.6. The number of aromatic nitrogens is 2. The van der Waals surface area contributed by atoms with Crippen LogP contribution in [-0.4, -0.2) is 93.1 Å². The Hall–Kier alpha value is -3.28. The smallest absolute Gasteiger partial charge is 0.338 e. The molecule has 2 aliphatic heterocycles. The van der Waals surface area contributed by atoms with Crippen molar-refractivity contribution in [3.05, 3.63) is 52.6 Å². The summed E-state index contributed by atoms with van der Waals surface area (Å²) >= 11 is 0. The Balaban J connectivity index is 1.31. The van der Waals surface area contributed by atoms with Gasteiger partial charge >= 0.3 is 11.7 Å². The van der Waals surface area contributed by atoms with Gasteiger partial charge in [0.25, 0.3) is 0 Å². The Labute approximate surface area is 223 Å². The van der Waals surface area contributed by atoms with Crippen LogP contribution in [0, 0.1) is 0 Å². The van der Waals surface area contributed by atoms with E-state index in [-0.39, 0.29) is 17.8 Å². The molecule has 3 amide bonds. The van der Waals surface area contributed by atoms with Gasteiger partial charge in [0.05, 0.1) is 11.2 Å². The van der Waals surface area contributed by atoms with Gasteiger partial charge in [-0.15, -0.1) is 0 Å².